The fourth-order valence-corrected chi connectivity index (χ4v) is 2.31. The third kappa shape index (κ3) is 2.63. The van der Waals surface area contributed by atoms with Crippen LogP contribution in [0.25, 0.3) is 5.57 Å². The molecule has 0 unspecified atom stereocenters. The summed E-state index contributed by atoms with van der Waals surface area (Å²) in [7, 11) is 3.66. The molecule has 0 spiro atoms. The number of carbonyl (C=O) groups excluding carboxylic acids is 1. The highest BCUT2D eigenvalue weighted by molar-refractivity contribution is 6.32. The summed E-state index contributed by atoms with van der Waals surface area (Å²) < 4.78 is 5.91. The summed E-state index contributed by atoms with van der Waals surface area (Å²) in [6, 6.07) is 14.8. The SMILES string of the molecule is CN(C)/N=C/C=C1/C(=O)c2ccccc2Oc2ccccc21. The van der Waals surface area contributed by atoms with E-state index in [-0.39, 0.29) is 5.78 Å². The largest absolute Gasteiger partial charge is 0.456 e. The van der Waals surface area contributed by atoms with E-state index in [0.29, 0.717) is 22.6 Å². The van der Waals surface area contributed by atoms with E-state index in [2.05, 4.69) is 5.10 Å². The van der Waals surface area contributed by atoms with Crippen molar-refractivity contribution in [2.75, 3.05) is 14.1 Å². The Balaban J connectivity index is 2.17. The van der Waals surface area contributed by atoms with Crippen molar-refractivity contribution < 1.29 is 9.53 Å². The Morgan fingerprint density at radius 1 is 0.955 bits per heavy atom. The van der Waals surface area contributed by atoms with Crippen LogP contribution in [-0.2, 0) is 0 Å². The van der Waals surface area contributed by atoms with Crippen LogP contribution in [0.2, 0.25) is 0 Å². The Morgan fingerprint density at radius 2 is 1.55 bits per heavy atom. The smallest absolute Gasteiger partial charge is 0.197 e. The van der Waals surface area contributed by atoms with Crippen LogP contribution in [0, 0.1) is 0 Å². The van der Waals surface area contributed by atoms with Gasteiger partial charge in [0.1, 0.15) is 11.5 Å². The summed E-state index contributed by atoms with van der Waals surface area (Å²) in [5, 5.41) is 5.83. The second-order valence-corrected chi connectivity index (χ2v) is 5.12. The molecule has 22 heavy (non-hydrogen) atoms. The fourth-order valence-electron chi connectivity index (χ4n) is 2.31. The first kappa shape index (κ1) is 14.1. The molecule has 0 N–H and O–H groups in total. The topological polar surface area (TPSA) is 41.9 Å². The molecule has 1 aliphatic rings. The number of hydrazone groups is 1. The van der Waals surface area contributed by atoms with Crippen molar-refractivity contribution >= 4 is 17.6 Å². The normalized spacial score (nSPS) is 15.2. The van der Waals surface area contributed by atoms with Crippen molar-refractivity contribution in [3.63, 3.8) is 0 Å². The van der Waals surface area contributed by atoms with Crippen molar-refractivity contribution in [2.45, 2.75) is 0 Å². The van der Waals surface area contributed by atoms with Gasteiger partial charge in [-0.15, -0.1) is 0 Å². The first-order valence-electron chi connectivity index (χ1n) is 6.99. The molecule has 0 atom stereocenters. The number of fused-ring (bicyclic) bond motifs is 2. The summed E-state index contributed by atoms with van der Waals surface area (Å²) in [4.78, 5) is 12.9. The Kier molecular flexibility index (Phi) is 3.74. The molecule has 3 rings (SSSR count). The number of ether oxygens (including phenoxy) is 1. The summed E-state index contributed by atoms with van der Waals surface area (Å²) in [5.74, 6) is 1.18. The molecule has 1 heterocycles. The van der Waals surface area contributed by atoms with Crippen LogP contribution >= 0.6 is 0 Å². The van der Waals surface area contributed by atoms with Gasteiger partial charge >= 0.3 is 0 Å². The Morgan fingerprint density at radius 3 is 2.23 bits per heavy atom. The van der Waals surface area contributed by atoms with Crippen LogP contribution in [0.15, 0.2) is 59.7 Å². The van der Waals surface area contributed by atoms with E-state index < -0.39 is 0 Å². The molecule has 0 saturated heterocycles. The molecule has 0 amide bonds. The van der Waals surface area contributed by atoms with Gasteiger partial charge in [-0.1, -0.05) is 30.3 Å². The standard InChI is InChI=1S/C18H16N2O2/c1-20(2)19-12-11-14-13-7-3-5-9-16(13)22-17-10-6-4-8-15(17)18(14)21/h3-12H,1-2H3/b14-11+,19-12+. The van der Waals surface area contributed by atoms with Crippen LogP contribution in [0.3, 0.4) is 0 Å². The number of ketones is 1. The molecule has 0 aliphatic carbocycles. The maximum Gasteiger partial charge on any atom is 0.197 e. The summed E-state index contributed by atoms with van der Waals surface area (Å²) in [5.41, 5.74) is 1.91. The van der Waals surface area contributed by atoms with Crippen LogP contribution in [0.4, 0.5) is 0 Å². The van der Waals surface area contributed by atoms with Gasteiger partial charge in [-0.05, 0) is 24.3 Å². The highest BCUT2D eigenvalue weighted by atomic mass is 16.5. The second-order valence-electron chi connectivity index (χ2n) is 5.12. The van der Waals surface area contributed by atoms with Gasteiger partial charge in [0.05, 0.1) is 5.56 Å². The zero-order chi connectivity index (χ0) is 15.5. The molecule has 0 fully saturated rings. The van der Waals surface area contributed by atoms with E-state index in [4.69, 9.17) is 4.74 Å². The molecule has 4 nitrogen and oxygen atoms in total. The Hall–Kier alpha value is -2.88. The quantitative estimate of drug-likeness (QED) is 0.482. The Labute approximate surface area is 129 Å². The lowest BCUT2D eigenvalue weighted by atomic mass is 9.96. The minimum Gasteiger partial charge on any atom is -0.456 e. The molecule has 0 bridgehead atoms. The van der Waals surface area contributed by atoms with E-state index >= 15 is 0 Å². The monoisotopic (exact) mass is 292 g/mol. The number of Topliss-reactive ketones (excluding diaryl/α,β-unsaturated/α-hetero) is 1. The fraction of sp³-hybridized carbons (Fsp3) is 0.111. The van der Waals surface area contributed by atoms with Crippen molar-refractivity contribution in [3.8, 4) is 11.5 Å². The van der Waals surface area contributed by atoms with Gasteiger partial charge < -0.3 is 9.75 Å². The molecule has 2 aromatic carbocycles. The molecule has 110 valence electrons. The van der Waals surface area contributed by atoms with Gasteiger partial charge in [0, 0.05) is 31.4 Å². The van der Waals surface area contributed by atoms with Crippen molar-refractivity contribution in [1.82, 2.24) is 5.01 Å². The number of allylic oxidation sites excluding steroid dienone is 2. The van der Waals surface area contributed by atoms with Crippen LogP contribution < -0.4 is 4.74 Å². The molecule has 4 heteroatoms. The lowest BCUT2D eigenvalue weighted by Crippen LogP contribution is -2.03. The first-order valence-corrected chi connectivity index (χ1v) is 6.99. The number of nitrogens with zero attached hydrogens (tertiary/aromatic N) is 2. The van der Waals surface area contributed by atoms with E-state index in [0.717, 1.165) is 5.56 Å². The summed E-state index contributed by atoms with van der Waals surface area (Å²) in [6.45, 7) is 0. The van der Waals surface area contributed by atoms with Crippen LogP contribution in [-0.4, -0.2) is 31.1 Å². The van der Waals surface area contributed by atoms with Crippen LogP contribution in [0.1, 0.15) is 15.9 Å². The van der Waals surface area contributed by atoms with Gasteiger partial charge in [-0.2, -0.15) is 5.10 Å². The Bertz CT molecular complexity index is 776. The van der Waals surface area contributed by atoms with E-state index in [1.807, 2.05) is 50.5 Å². The zero-order valence-corrected chi connectivity index (χ0v) is 12.5. The highest BCUT2D eigenvalue weighted by Gasteiger charge is 2.24. The minimum atomic E-state index is -0.0641. The summed E-state index contributed by atoms with van der Waals surface area (Å²) in [6.07, 6.45) is 3.35. The molecule has 0 aromatic heterocycles. The van der Waals surface area contributed by atoms with Gasteiger partial charge in [-0.25, -0.2) is 0 Å². The summed E-state index contributed by atoms with van der Waals surface area (Å²) >= 11 is 0. The first-order chi connectivity index (χ1) is 10.7. The van der Waals surface area contributed by atoms with Crippen LogP contribution in [0.5, 0.6) is 11.5 Å². The van der Waals surface area contributed by atoms with Crippen molar-refractivity contribution in [3.05, 3.63) is 65.7 Å². The lowest BCUT2D eigenvalue weighted by Gasteiger charge is -2.07. The predicted molar refractivity (Wildman–Crippen MR) is 87.4 cm³/mol. The van der Waals surface area contributed by atoms with E-state index in [9.17, 15) is 4.79 Å². The maximum absolute atomic E-state index is 12.9. The van der Waals surface area contributed by atoms with Gasteiger partial charge in [0.2, 0.25) is 0 Å². The number of hydrogen-bond donors (Lipinski definition) is 0. The number of benzene rings is 2. The van der Waals surface area contributed by atoms with Gasteiger partial charge in [0.15, 0.2) is 5.78 Å². The van der Waals surface area contributed by atoms with Crippen molar-refractivity contribution in [2.24, 2.45) is 5.10 Å². The number of hydrogen-bond acceptors (Lipinski definition) is 4. The predicted octanol–water partition coefficient (Wildman–Crippen LogP) is 3.61. The molecule has 0 radical (unpaired) electrons. The highest BCUT2D eigenvalue weighted by Crippen LogP contribution is 2.38. The van der Waals surface area contributed by atoms with Gasteiger partial charge in [-0.3, -0.25) is 4.79 Å². The molecular weight excluding hydrogens is 276 g/mol. The third-order valence-corrected chi connectivity index (χ3v) is 3.31. The lowest BCUT2D eigenvalue weighted by molar-refractivity contribution is 0.105. The average Bonchev–Trinajstić information content (AvgIpc) is 2.63. The second kappa shape index (κ2) is 5.85. The molecule has 1 aliphatic heterocycles. The van der Waals surface area contributed by atoms with E-state index in [1.54, 1.807) is 29.4 Å². The maximum atomic E-state index is 12.9. The number of carbonyl (C=O) groups is 1. The molecule has 0 saturated carbocycles. The number of para-hydroxylation sites is 2. The molecule has 2 aromatic rings. The van der Waals surface area contributed by atoms with Gasteiger partial charge in [0.25, 0.3) is 0 Å². The molecular formula is C18H16N2O2. The average molecular weight is 292 g/mol. The van der Waals surface area contributed by atoms with Crippen molar-refractivity contribution in [1.29, 1.82) is 0 Å². The zero-order valence-electron chi connectivity index (χ0n) is 12.5. The third-order valence-electron chi connectivity index (χ3n) is 3.31. The van der Waals surface area contributed by atoms with E-state index in [1.165, 1.54) is 0 Å². The number of rotatable bonds is 2. The minimum absolute atomic E-state index is 0.0641.